The molecule has 2 aliphatic rings. The van der Waals surface area contributed by atoms with Crippen LogP contribution in [0, 0.1) is 0 Å². The summed E-state index contributed by atoms with van der Waals surface area (Å²) in [5.41, 5.74) is 6.50. The second kappa shape index (κ2) is 8.34. The van der Waals surface area contributed by atoms with Gasteiger partial charge in [-0.2, -0.15) is 11.8 Å². The Morgan fingerprint density at radius 1 is 1.07 bits per heavy atom. The Balaban J connectivity index is 1.62. The van der Waals surface area contributed by atoms with Gasteiger partial charge in [0.15, 0.2) is 0 Å². The Hall–Kier alpha value is -2.08. The topological polar surface area (TPSA) is 33.4 Å². The summed E-state index contributed by atoms with van der Waals surface area (Å²) in [6.07, 6.45) is 13.0. The SMILES string of the molecule is Clc1ccc(-c2nc3ccc(C4=CCCC=C4)cn3c2CN2CCSCC2)nc1. The number of hydrogen-bond donors (Lipinski definition) is 0. The van der Waals surface area contributed by atoms with Crippen molar-refractivity contribution in [2.24, 2.45) is 0 Å². The van der Waals surface area contributed by atoms with E-state index in [0.717, 1.165) is 49.5 Å². The molecule has 148 valence electrons. The number of hydrogen-bond acceptors (Lipinski definition) is 4. The van der Waals surface area contributed by atoms with Crippen molar-refractivity contribution in [1.29, 1.82) is 0 Å². The van der Waals surface area contributed by atoms with Gasteiger partial charge in [-0.3, -0.25) is 9.88 Å². The molecule has 3 aromatic rings. The van der Waals surface area contributed by atoms with E-state index in [0.29, 0.717) is 5.02 Å². The summed E-state index contributed by atoms with van der Waals surface area (Å²) in [5, 5.41) is 0.644. The van der Waals surface area contributed by atoms with Gasteiger partial charge in [-0.05, 0) is 48.2 Å². The lowest BCUT2D eigenvalue weighted by atomic mass is 10.0. The number of thioether (sulfide) groups is 1. The number of nitrogens with zero attached hydrogens (tertiary/aromatic N) is 4. The van der Waals surface area contributed by atoms with Crippen LogP contribution in [0.15, 0.2) is 54.9 Å². The molecule has 4 heterocycles. The van der Waals surface area contributed by atoms with Crippen LogP contribution in [0.3, 0.4) is 0 Å². The van der Waals surface area contributed by atoms with Crippen molar-refractivity contribution in [3.63, 3.8) is 0 Å². The molecular formula is C23H23ClN4S. The molecule has 0 N–H and O–H groups in total. The molecule has 0 saturated carbocycles. The molecular weight excluding hydrogens is 400 g/mol. The molecule has 3 aromatic heterocycles. The average molecular weight is 423 g/mol. The maximum atomic E-state index is 6.07. The predicted molar refractivity (Wildman–Crippen MR) is 122 cm³/mol. The van der Waals surface area contributed by atoms with Crippen molar-refractivity contribution in [3.05, 3.63) is 71.2 Å². The smallest absolute Gasteiger partial charge is 0.137 e. The standard InChI is InChI=1S/C23H23ClN4S/c24-19-7-8-20(25-14-19)23-21(16-27-10-12-29-13-11-27)28-15-18(6-9-22(28)26-23)17-4-2-1-3-5-17/h2,4-9,14-15H,1,3,10-13,16H2. The third kappa shape index (κ3) is 4.00. The zero-order chi connectivity index (χ0) is 19.6. The van der Waals surface area contributed by atoms with Crippen molar-refractivity contribution < 1.29 is 0 Å². The molecule has 0 spiro atoms. The Kier molecular flexibility index (Phi) is 5.44. The summed E-state index contributed by atoms with van der Waals surface area (Å²) in [6.45, 7) is 3.09. The van der Waals surface area contributed by atoms with Crippen LogP contribution in [0.25, 0.3) is 22.6 Å². The first-order valence-electron chi connectivity index (χ1n) is 10.1. The molecule has 0 amide bonds. The van der Waals surface area contributed by atoms with Gasteiger partial charge in [-0.1, -0.05) is 29.8 Å². The second-order valence-corrected chi connectivity index (χ2v) is 9.10. The lowest BCUT2D eigenvalue weighted by Crippen LogP contribution is -2.32. The van der Waals surface area contributed by atoms with Crippen LogP contribution in [0.1, 0.15) is 24.1 Å². The summed E-state index contributed by atoms with van der Waals surface area (Å²) >= 11 is 8.10. The molecule has 5 rings (SSSR count). The summed E-state index contributed by atoms with van der Waals surface area (Å²) < 4.78 is 2.26. The van der Waals surface area contributed by atoms with Crippen molar-refractivity contribution in [1.82, 2.24) is 19.3 Å². The zero-order valence-corrected chi connectivity index (χ0v) is 17.8. The van der Waals surface area contributed by atoms with Gasteiger partial charge in [0.1, 0.15) is 11.3 Å². The highest BCUT2D eigenvalue weighted by molar-refractivity contribution is 7.99. The van der Waals surface area contributed by atoms with Crippen LogP contribution < -0.4 is 0 Å². The predicted octanol–water partition coefficient (Wildman–Crippen LogP) is 5.33. The Bertz CT molecular complexity index is 1080. The number of halogens is 1. The fourth-order valence-electron chi connectivity index (χ4n) is 3.93. The number of rotatable bonds is 4. The van der Waals surface area contributed by atoms with Crippen LogP contribution in [0.5, 0.6) is 0 Å². The van der Waals surface area contributed by atoms with E-state index < -0.39 is 0 Å². The van der Waals surface area contributed by atoms with Crippen LogP contribution in [0.2, 0.25) is 5.02 Å². The van der Waals surface area contributed by atoms with Gasteiger partial charge < -0.3 is 4.40 Å². The van der Waals surface area contributed by atoms with E-state index in [-0.39, 0.29) is 0 Å². The van der Waals surface area contributed by atoms with E-state index in [1.165, 1.54) is 28.3 Å². The first-order chi connectivity index (χ1) is 14.3. The minimum Gasteiger partial charge on any atom is -0.301 e. The molecule has 1 fully saturated rings. The van der Waals surface area contributed by atoms with Gasteiger partial charge in [-0.25, -0.2) is 4.98 Å². The molecule has 1 saturated heterocycles. The minimum absolute atomic E-state index is 0.644. The highest BCUT2D eigenvalue weighted by Crippen LogP contribution is 2.28. The molecule has 4 nitrogen and oxygen atoms in total. The molecule has 1 aliphatic heterocycles. The molecule has 29 heavy (non-hydrogen) atoms. The van der Waals surface area contributed by atoms with E-state index in [9.17, 15) is 0 Å². The second-order valence-electron chi connectivity index (χ2n) is 7.44. The van der Waals surface area contributed by atoms with Crippen molar-refractivity contribution in [3.8, 4) is 11.4 Å². The number of aromatic nitrogens is 3. The molecule has 0 radical (unpaired) electrons. The Labute approximate surface area is 180 Å². The Morgan fingerprint density at radius 2 is 1.97 bits per heavy atom. The van der Waals surface area contributed by atoms with Crippen LogP contribution in [0.4, 0.5) is 0 Å². The van der Waals surface area contributed by atoms with Gasteiger partial charge in [-0.15, -0.1) is 0 Å². The molecule has 0 atom stereocenters. The van der Waals surface area contributed by atoms with Gasteiger partial charge in [0, 0.05) is 43.5 Å². The van der Waals surface area contributed by atoms with Crippen molar-refractivity contribution in [2.45, 2.75) is 19.4 Å². The molecule has 6 heteroatoms. The zero-order valence-electron chi connectivity index (χ0n) is 16.2. The number of fused-ring (bicyclic) bond motifs is 1. The molecule has 0 unspecified atom stereocenters. The molecule has 0 aromatic carbocycles. The summed E-state index contributed by atoms with van der Waals surface area (Å²) in [6, 6.07) is 8.14. The van der Waals surface area contributed by atoms with Gasteiger partial charge in [0.05, 0.1) is 16.4 Å². The highest BCUT2D eigenvalue weighted by Gasteiger charge is 2.20. The number of allylic oxidation sites excluding steroid dienone is 4. The quantitative estimate of drug-likeness (QED) is 0.568. The third-order valence-electron chi connectivity index (χ3n) is 5.49. The van der Waals surface area contributed by atoms with Crippen molar-refractivity contribution in [2.75, 3.05) is 24.6 Å². The Morgan fingerprint density at radius 3 is 2.72 bits per heavy atom. The first-order valence-corrected chi connectivity index (χ1v) is 11.6. The number of pyridine rings is 2. The lowest BCUT2D eigenvalue weighted by molar-refractivity contribution is 0.290. The van der Waals surface area contributed by atoms with E-state index in [1.807, 2.05) is 23.9 Å². The summed E-state index contributed by atoms with van der Waals surface area (Å²) in [7, 11) is 0. The molecule has 0 bridgehead atoms. The van der Waals surface area contributed by atoms with Gasteiger partial charge in [0.2, 0.25) is 0 Å². The normalized spacial score (nSPS) is 17.6. The largest absolute Gasteiger partial charge is 0.301 e. The lowest BCUT2D eigenvalue weighted by Gasteiger charge is -2.26. The van der Waals surface area contributed by atoms with E-state index in [2.05, 4.69) is 50.8 Å². The van der Waals surface area contributed by atoms with E-state index in [1.54, 1.807) is 6.20 Å². The minimum atomic E-state index is 0.644. The van der Waals surface area contributed by atoms with E-state index >= 15 is 0 Å². The monoisotopic (exact) mass is 422 g/mol. The van der Waals surface area contributed by atoms with Crippen molar-refractivity contribution >= 4 is 34.6 Å². The fraction of sp³-hybridized carbons (Fsp3) is 0.304. The maximum Gasteiger partial charge on any atom is 0.137 e. The first kappa shape index (κ1) is 18.9. The van der Waals surface area contributed by atoms with Crippen LogP contribution >= 0.6 is 23.4 Å². The fourth-order valence-corrected chi connectivity index (χ4v) is 5.03. The number of imidazole rings is 1. The molecule has 1 aliphatic carbocycles. The van der Waals surface area contributed by atoms with E-state index in [4.69, 9.17) is 16.6 Å². The third-order valence-corrected chi connectivity index (χ3v) is 6.66. The maximum absolute atomic E-state index is 6.07. The van der Waals surface area contributed by atoms with Crippen LogP contribution in [-0.2, 0) is 6.54 Å². The summed E-state index contributed by atoms with van der Waals surface area (Å²) in [5.74, 6) is 2.38. The van der Waals surface area contributed by atoms with Gasteiger partial charge >= 0.3 is 0 Å². The van der Waals surface area contributed by atoms with Crippen LogP contribution in [-0.4, -0.2) is 43.9 Å². The summed E-state index contributed by atoms with van der Waals surface area (Å²) in [4.78, 5) is 12.0. The highest BCUT2D eigenvalue weighted by atomic mass is 35.5. The average Bonchev–Trinajstić information content (AvgIpc) is 3.13. The van der Waals surface area contributed by atoms with Gasteiger partial charge in [0.25, 0.3) is 0 Å².